The number of anilines is 2. The van der Waals surface area contributed by atoms with Crippen molar-refractivity contribution >= 4 is 29.0 Å². The van der Waals surface area contributed by atoms with Gasteiger partial charge in [-0.3, -0.25) is 14.9 Å². The van der Waals surface area contributed by atoms with E-state index in [1.165, 1.54) is 22.9 Å². The molecule has 0 radical (unpaired) electrons. The van der Waals surface area contributed by atoms with Crippen LogP contribution in [0.25, 0.3) is 5.69 Å². The van der Waals surface area contributed by atoms with Crippen molar-refractivity contribution in [2.24, 2.45) is 0 Å². The third-order valence-electron chi connectivity index (χ3n) is 4.94. The number of nitro benzene ring substituents is 1. The van der Waals surface area contributed by atoms with Crippen LogP contribution in [0.15, 0.2) is 60.8 Å². The Morgan fingerprint density at radius 2 is 1.68 bits per heavy atom. The van der Waals surface area contributed by atoms with E-state index in [2.05, 4.69) is 15.7 Å². The predicted molar refractivity (Wildman–Crippen MR) is 114 cm³/mol. The van der Waals surface area contributed by atoms with E-state index in [1.54, 1.807) is 47.5 Å². The normalized spacial score (nSPS) is 13.1. The number of urea groups is 1. The Morgan fingerprint density at radius 1 is 0.968 bits per heavy atom. The lowest BCUT2D eigenvalue weighted by atomic mass is 10.2. The summed E-state index contributed by atoms with van der Waals surface area (Å²) in [6.45, 7) is 1.44. The van der Waals surface area contributed by atoms with Crippen LogP contribution in [0.3, 0.4) is 0 Å². The van der Waals surface area contributed by atoms with Gasteiger partial charge >= 0.3 is 6.03 Å². The van der Waals surface area contributed by atoms with Gasteiger partial charge in [0, 0.05) is 31.4 Å². The molecule has 3 aromatic rings. The molecule has 0 unspecified atom stereocenters. The van der Waals surface area contributed by atoms with Crippen LogP contribution in [-0.2, 0) is 0 Å². The summed E-state index contributed by atoms with van der Waals surface area (Å²) in [5, 5.41) is 20.8. The molecule has 0 atom stereocenters. The summed E-state index contributed by atoms with van der Waals surface area (Å²) in [6.07, 6.45) is 3.52. The van der Waals surface area contributed by atoms with Crippen LogP contribution < -0.4 is 10.6 Å². The number of amides is 3. The smallest absolute Gasteiger partial charge is 0.321 e. The summed E-state index contributed by atoms with van der Waals surface area (Å²) in [4.78, 5) is 37.3. The minimum absolute atomic E-state index is 0.0679. The van der Waals surface area contributed by atoms with Gasteiger partial charge in [-0.25, -0.2) is 9.48 Å². The number of hydrogen-bond acceptors (Lipinski definition) is 5. The van der Waals surface area contributed by atoms with E-state index >= 15 is 0 Å². The molecule has 0 spiro atoms. The number of benzene rings is 2. The standard InChI is InChI=1S/C21H20N6O4/c28-20(19-10-13-26(24-19)15-6-5-7-16(14-15)27(30)31)22-17-8-1-2-9-18(17)23-21(29)25-11-3-4-12-25/h1-2,5-10,13-14H,3-4,11-12H2,(H,22,28)(H,23,29). The van der Waals surface area contributed by atoms with Crippen molar-refractivity contribution < 1.29 is 14.5 Å². The Kier molecular flexibility index (Phi) is 5.61. The number of rotatable bonds is 5. The van der Waals surface area contributed by atoms with Gasteiger partial charge in [0.25, 0.3) is 11.6 Å². The SMILES string of the molecule is O=C(Nc1ccccc1NC(=O)N1CCCC1)c1ccn(-c2cccc([N+](=O)[O-])c2)n1. The molecule has 1 saturated heterocycles. The van der Waals surface area contributed by atoms with Gasteiger partial charge in [0.05, 0.1) is 22.0 Å². The number of aromatic nitrogens is 2. The second-order valence-corrected chi connectivity index (χ2v) is 7.05. The highest BCUT2D eigenvalue weighted by Crippen LogP contribution is 2.23. The Bertz CT molecular complexity index is 1140. The zero-order chi connectivity index (χ0) is 21.8. The zero-order valence-electron chi connectivity index (χ0n) is 16.5. The molecule has 31 heavy (non-hydrogen) atoms. The molecule has 0 saturated carbocycles. The van der Waals surface area contributed by atoms with Crippen LogP contribution in [0.2, 0.25) is 0 Å². The lowest BCUT2D eigenvalue weighted by Crippen LogP contribution is -2.32. The van der Waals surface area contributed by atoms with Crippen LogP contribution >= 0.6 is 0 Å². The molecule has 3 amide bonds. The van der Waals surface area contributed by atoms with Crippen LogP contribution in [0, 0.1) is 10.1 Å². The topological polar surface area (TPSA) is 122 Å². The van der Waals surface area contributed by atoms with Gasteiger partial charge in [-0.1, -0.05) is 18.2 Å². The average Bonchev–Trinajstić information content (AvgIpc) is 3.48. The molecule has 2 N–H and O–H groups in total. The molecule has 1 fully saturated rings. The van der Waals surface area contributed by atoms with Crippen LogP contribution in [-0.4, -0.2) is 44.6 Å². The maximum Gasteiger partial charge on any atom is 0.321 e. The van der Waals surface area contributed by atoms with Crippen molar-refractivity contribution in [1.29, 1.82) is 0 Å². The average molecular weight is 420 g/mol. The molecule has 158 valence electrons. The van der Waals surface area contributed by atoms with Crippen LogP contribution in [0.4, 0.5) is 21.9 Å². The van der Waals surface area contributed by atoms with E-state index in [4.69, 9.17) is 0 Å². The van der Waals surface area contributed by atoms with Crippen molar-refractivity contribution in [2.45, 2.75) is 12.8 Å². The molecule has 2 heterocycles. The highest BCUT2D eigenvalue weighted by Gasteiger charge is 2.19. The molecule has 1 aliphatic rings. The summed E-state index contributed by atoms with van der Waals surface area (Å²) in [5.74, 6) is -0.466. The fourth-order valence-corrected chi connectivity index (χ4v) is 3.34. The minimum Gasteiger partial charge on any atom is -0.325 e. The highest BCUT2D eigenvalue weighted by molar-refractivity contribution is 6.06. The first-order valence-electron chi connectivity index (χ1n) is 9.78. The van der Waals surface area contributed by atoms with Gasteiger partial charge in [0.2, 0.25) is 0 Å². The minimum atomic E-state index is -0.492. The van der Waals surface area contributed by atoms with E-state index in [-0.39, 0.29) is 17.4 Å². The molecule has 10 heteroatoms. The molecule has 1 aliphatic heterocycles. The molecule has 2 aromatic carbocycles. The summed E-state index contributed by atoms with van der Waals surface area (Å²) in [5.41, 5.74) is 1.47. The number of carbonyl (C=O) groups is 2. The third-order valence-corrected chi connectivity index (χ3v) is 4.94. The number of para-hydroxylation sites is 2. The lowest BCUT2D eigenvalue weighted by Gasteiger charge is -2.18. The second kappa shape index (κ2) is 8.66. The van der Waals surface area contributed by atoms with E-state index in [0.717, 1.165) is 25.9 Å². The first-order chi connectivity index (χ1) is 15.0. The Hall–Kier alpha value is -4.21. The predicted octanol–water partition coefficient (Wildman–Crippen LogP) is 3.66. The summed E-state index contributed by atoms with van der Waals surface area (Å²) >= 11 is 0. The molecule has 1 aromatic heterocycles. The molecule has 10 nitrogen and oxygen atoms in total. The summed E-state index contributed by atoms with van der Waals surface area (Å²) in [7, 11) is 0. The van der Waals surface area contributed by atoms with Crippen molar-refractivity contribution in [3.8, 4) is 5.69 Å². The number of non-ortho nitro benzene ring substituents is 1. The van der Waals surface area contributed by atoms with Gasteiger partial charge in [0.1, 0.15) is 0 Å². The fraction of sp³-hybridized carbons (Fsp3) is 0.190. The summed E-state index contributed by atoms with van der Waals surface area (Å²) in [6, 6.07) is 14.2. The summed E-state index contributed by atoms with van der Waals surface area (Å²) < 4.78 is 1.39. The largest absolute Gasteiger partial charge is 0.325 e. The fourth-order valence-electron chi connectivity index (χ4n) is 3.34. The number of nitrogens with zero attached hydrogens (tertiary/aromatic N) is 4. The molecular formula is C21H20N6O4. The van der Waals surface area contributed by atoms with Crippen molar-refractivity contribution in [1.82, 2.24) is 14.7 Å². The highest BCUT2D eigenvalue weighted by atomic mass is 16.6. The second-order valence-electron chi connectivity index (χ2n) is 7.05. The van der Waals surface area contributed by atoms with Crippen molar-refractivity contribution in [3.05, 3.63) is 76.6 Å². The maximum atomic E-state index is 12.7. The molecule has 0 aliphatic carbocycles. The maximum absolute atomic E-state index is 12.7. The van der Waals surface area contributed by atoms with E-state index in [0.29, 0.717) is 17.1 Å². The monoisotopic (exact) mass is 420 g/mol. The van der Waals surface area contributed by atoms with Gasteiger partial charge in [-0.05, 0) is 37.1 Å². The van der Waals surface area contributed by atoms with Gasteiger partial charge < -0.3 is 15.5 Å². The molecule has 0 bridgehead atoms. The van der Waals surface area contributed by atoms with Crippen LogP contribution in [0.1, 0.15) is 23.3 Å². The van der Waals surface area contributed by atoms with Gasteiger partial charge in [-0.15, -0.1) is 0 Å². The number of carbonyl (C=O) groups excluding carboxylic acids is 2. The number of nitrogens with one attached hydrogen (secondary N) is 2. The zero-order valence-corrected chi connectivity index (χ0v) is 16.5. The molecular weight excluding hydrogens is 400 g/mol. The Labute approximate surface area is 177 Å². The van der Waals surface area contributed by atoms with E-state index < -0.39 is 10.8 Å². The Morgan fingerprint density at radius 3 is 2.39 bits per heavy atom. The first-order valence-corrected chi connectivity index (χ1v) is 9.78. The number of nitro groups is 1. The number of likely N-dealkylation sites (tertiary alicyclic amines) is 1. The van der Waals surface area contributed by atoms with E-state index in [1.807, 2.05) is 0 Å². The van der Waals surface area contributed by atoms with Crippen LogP contribution in [0.5, 0.6) is 0 Å². The number of hydrogen-bond donors (Lipinski definition) is 2. The quantitative estimate of drug-likeness (QED) is 0.482. The third kappa shape index (κ3) is 4.53. The molecule has 4 rings (SSSR count). The van der Waals surface area contributed by atoms with Gasteiger partial charge in [-0.2, -0.15) is 5.10 Å². The van der Waals surface area contributed by atoms with Crippen molar-refractivity contribution in [2.75, 3.05) is 23.7 Å². The van der Waals surface area contributed by atoms with E-state index in [9.17, 15) is 19.7 Å². The van der Waals surface area contributed by atoms with Crippen molar-refractivity contribution in [3.63, 3.8) is 0 Å². The lowest BCUT2D eigenvalue weighted by molar-refractivity contribution is -0.384. The first kappa shape index (κ1) is 20.1. The van der Waals surface area contributed by atoms with Gasteiger partial charge in [0.15, 0.2) is 5.69 Å². The Balaban J connectivity index is 1.49.